The number of carbonyl (C=O) groups is 2. The van der Waals surface area contributed by atoms with Crippen LogP contribution < -0.4 is 0 Å². The molecule has 0 aliphatic heterocycles. The molecule has 0 saturated carbocycles. The molecule has 2 aromatic rings. The van der Waals surface area contributed by atoms with Crippen LogP contribution in [0, 0.1) is 0 Å². The van der Waals surface area contributed by atoms with Gasteiger partial charge < -0.3 is 30.6 Å². The van der Waals surface area contributed by atoms with E-state index in [1.807, 2.05) is 0 Å². The molecule has 0 saturated heterocycles. The molecule has 0 bridgehead atoms. The Balaban J connectivity index is 0.00000648. The molecule has 0 spiro atoms. The molecule has 200 valence electrons. The first-order chi connectivity index (χ1) is 16.6. The minimum absolute atomic E-state index is 0. The summed E-state index contributed by atoms with van der Waals surface area (Å²) in [6, 6.07) is 7.48. The predicted molar refractivity (Wildman–Crippen MR) is 128 cm³/mol. The van der Waals surface area contributed by atoms with Crippen molar-refractivity contribution in [1.82, 2.24) is 9.80 Å². The number of aromatic hydroxyl groups is 2. The molecule has 0 amide bonds. The van der Waals surface area contributed by atoms with Gasteiger partial charge in [0.25, 0.3) is 0 Å². The summed E-state index contributed by atoms with van der Waals surface area (Å²) >= 11 is 0. The van der Waals surface area contributed by atoms with Crippen LogP contribution in [-0.4, -0.2) is 77.6 Å². The Morgan fingerprint density at radius 1 is 0.806 bits per heavy atom. The minimum Gasteiger partial charge on any atom is -0.508 e. The topological polar surface area (TPSA) is 162 Å². The normalized spacial score (nSPS) is 12.8. The summed E-state index contributed by atoms with van der Waals surface area (Å²) in [5, 5.41) is 58.7. The Kier molecular flexibility index (Phi) is 12.9. The van der Waals surface area contributed by atoms with E-state index in [2.05, 4.69) is 0 Å². The number of hydrogen-bond acceptors (Lipinski definition) is 8. The third-order valence-electron chi connectivity index (χ3n) is 6.10. The number of aliphatic carboxylic acids is 2. The number of nitrogens with zero attached hydrogens (tertiary/aromatic N) is 2. The summed E-state index contributed by atoms with van der Waals surface area (Å²) in [7, 11) is 0. The first-order valence-electron chi connectivity index (χ1n) is 11.4. The van der Waals surface area contributed by atoms with Gasteiger partial charge in [-0.1, -0.05) is 25.1 Å². The molecule has 2 aromatic carbocycles. The van der Waals surface area contributed by atoms with Crippen LogP contribution in [0.3, 0.4) is 0 Å². The molecule has 0 aliphatic carbocycles. The molecular formula is C25H34FeN2O8. The number of phenolic OH excluding ortho intramolecular Hbond substituents is 2. The van der Waals surface area contributed by atoms with Gasteiger partial charge in [-0.3, -0.25) is 19.4 Å². The molecule has 0 aromatic heterocycles. The summed E-state index contributed by atoms with van der Waals surface area (Å²) in [5.41, 5.74) is 2.02. The molecule has 1 unspecified atom stereocenters. The maximum Gasteiger partial charge on any atom is 0.320 e. The first-order valence-corrected chi connectivity index (χ1v) is 11.4. The van der Waals surface area contributed by atoms with Gasteiger partial charge in [0, 0.05) is 54.4 Å². The number of aliphatic hydroxyl groups is 2. The van der Waals surface area contributed by atoms with Gasteiger partial charge in [0.1, 0.15) is 23.6 Å². The summed E-state index contributed by atoms with van der Waals surface area (Å²) in [6.07, 6.45) is 0.285. The van der Waals surface area contributed by atoms with Gasteiger partial charge in [0.05, 0.1) is 13.2 Å². The van der Waals surface area contributed by atoms with Gasteiger partial charge in [0.2, 0.25) is 0 Å². The molecule has 2 atom stereocenters. The van der Waals surface area contributed by atoms with Crippen LogP contribution in [0.4, 0.5) is 0 Å². The van der Waals surface area contributed by atoms with E-state index >= 15 is 0 Å². The number of carboxylic acids is 2. The van der Waals surface area contributed by atoms with Gasteiger partial charge >= 0.3 is 11.9 Å². The van der Waals surface area contributed by atoms with Crippen LogP contribution in [-0.2, 0) is 53.0 Å². The van der Waals surface area contributed by atoms with Crippen molar-refractivity contribution in [2.24, 2.45) is 0 Å². The summed E-state index contributed by atoms with van der Waals surface area (Å²) < 4.78 is 0. The number of rotatable bonds is 14. The Labute approximate surface area is 220 Å². The smallest absolute Gasteiger partial charge is 0.320 e. The summed E-state index contributed by atoms with van der Waals surface area (Å²) in [5.74, 6) is -2.21. The van der Waals surface area contributed by atoms with Gasteiger partial charge in [-0.15, -0.1) is 0 Å². The maximum atomic E-state index is 11.9. The fourth-order valence-electron chi connectivity index (χ4n) is 3.90. The predicted octanol–water partition coefficient (Wildman–Crippen LogP) is 1.72. The molecule has 36 heavy (non-hydrogen) atoms. The van der Waals surface area contributed by atoms with Crippen LogP contribution >= 0.6 is 0 Å². The van der Waals surface area contributed by atoms with Crippen molar-refractivity contribution >= 4 is 11.9 Å². The minimum atomic E-state index is -1.07. The second kappa shape index (κ2) is 14.8. The van der Waals surface area contributed by atoms with Crippen molar-refractivity contribution < 1.29 is 57.3 Å². The van der Waals surface area contributed by atoms with Gasteiger partial charge in [-0.05, 0) is 42.7 Å². The zero-order valence-electron chi connectivity index (χ0n) is 20.3. The molecule has 0 heterocycles. The van der Waals surface area contributed by atoms with Crippen LogP contribution in [0.5, 0.6) is 11.5 Å². The summed E-state index contributed by atoms with van der Waals surface area (Å²) in [6.45, 7) is 3.27. The Bertz CT molecular complexity index is 1020. The van der Waals surface area contributed by atoms with Crippen LogP contribution in [0.1, 0.15) is 42.5 Å². The van der Waals surface area contributed by atoms with Crippen molar-refractivity contribution in [2.75, 3.05) is 13.1 Å². The molecule has 11 heteroatoms. The fourth-order valence-corrected chi connectivity index (χ4v) is 3.90. The zero-order chi connectivity index (χ0) is 26.1. The number of benzene rings is 2. The maximum absolute atomic E-state index is 11.9. The average Bonchev–Trinajstić information content (AvgIpc) is 2.83. The van der Waals surface area contributed by atoms with Crippen molar-refractivity contribution in [1.29, 1.82) is 0 Å². The molecule has 0 fully saturated rings. The molecule has 0 aliphatic rings. The van der Waals surface area contributed by atoms with E-state index < -0.39 is 24.0 Å². The quantitative estimate of drug-likeness (QED) is 0.193. The fraction of sp³-hybridized carbons (Fsp3) is 0.440. The zero-order valence-corrected chi connectivity index (χ0v) is 21.4. The Morgan fingerprint density at radius 2 is 1.36 bits per heavy atom. The molecule has 2 rings (SSSR count). The van der Waals surface area contributed by atoms with E-state index in [-0.39, 0.29) is 74.4 Å². The average molecular weight is 546 g/mol. The third-order valence-corrected chi connectivity index (χ3v) is 6.10. The van der Waals surface area contributed by atoms with Gasteiger partial charge in [-0.2, -0.15) is 0 Å². The number of hydrogen-bond donors (Lipinski definition) is 6. The van der Waals surface area contributed by atoms with E-state index in [0.29, 0.717) is 22.3 Å². The van der Waals surface area contributed by atoms with Crippen molar-refractivity contribution in [2.45, 2.75) is 58.7 Å². The molecular weight excluding hydrogens is 512 g/mol. The third kappa shape index (κ3) is 8.48. The van der Waals surface area contributed by atoms with Gasteiger partial charge in [0.15, 0.2) is 0 Å². The molecule has 6 N–H and O–H groups in total. The largest absolute Gasteiger partial charge is 0.508 e. The first kappa shape index (κ1) is 31.4. The van der Waals surface area contributed by atoms with E-state index in [0.717, 1.165) is 0 Å². The SMILES string of the molecule is CC[C@H](C(=O)O)N(CCN(Cc1ccc(CO)cc1O)C(C)C(=O)O)Cc1cc(CO)ccc1O.[Fe]. The van der Waals surface area contributed by atoms with E-state index in [1.54, 1.807) is 41.0 Å². The second-order valence-corrected chi connectivity index (χ2v) is 8.46. The van der Waals surface area contributed by atoms with Crippen molar-refractivity contribution in [3.8, 4) is 11.5 Å². The summed E-state index contributed by atoms with van der Waals surface area (Å²) in [4.78, 5) is 27.0. The van der Waals surface area contributed by atoms with E-state index in [1.165, 1.54) is 19.1 Å². The Hall–Kier alpha value is -2.66. The monoisotopic (exact) mass is 546 g/mol. The second-order valence-electron chi connectivity index (χ2n) is 8.46. The number of carboxylic acid groups (broad SMARTS) is 2. The van der Waals surface area contributed by atoms with Crippen LogP contribution in [0.2, 0.25) is 0 Å². The van der Waals surface area contributed by atoms with Gasteiger partial charge in [-0.25, -0.2) is 0 Å². The van der Waals surface area contributed by atoms with Crippen molar-refractivity contribution in [3.05, 3.63) is 58.7 Å². The van der Waals surface area contributed by atoms with Crippen molar-refractivity contribution in [3.63, 3.8) is 0 Å². The van der Waals surface area contributed by atoms with Crippen LogP contribution in [0.15, 0.2) is 36.4 Å². The number of phenols is 2. The standard InChI is InChI=1S/C25H34N2O8.Fe/c1-3-21(25(34)35)27(13-20-10-17(14-28)5-7-22(20)30)9-8-26(16(2)24(32)33)12-19-6-4-18(15-29)11-23(19)31;/h4-7,10-11,16,21,28-31H,3,8-9,12-15H2,1-2H3,(H,32,33)(H,34,35);/t16?,21-;/m1./s1. The van der Waals surface area contributed by atoms with Crippen LogP contribution in [0.25, 0.3) is 0 Å². The molecule has 10 nitrogen and oxygen atoms in total. The molecule has 0 radical (unpaired) electrons. The van der Waals surface area contributed by atoms with E-state index in [4.69, 9.17) is 0 Å². The Morgan fingerprint density at radius 3 is 1.89 bits per heavy atom. The number of aliphatic hydroxyl groups excluding tert-OH is 2. The van der Waals surface area contributed by atoms with E-state index in [9.17, 15) is 40.2 Å².